The van der Waals surface area contributed by atoms with Crippen LogP contribution in [0.15, 0.2) is 41.0 Å². The Balaban J connectivity index is 2.17. The fourth-order valence-corrected chi connectivity index (χ4v) is 1.98. The molecule has 0 fully saturated rings. The number of rotatable bonds is 4. The summed E-state index contributed by atoms with van der Waals surface area (Å²) in [4.78, 5) is 0. The lowest BCUT2D eigenvalue weighted by Crippen LogP contribution is -2.14. The second-order valence-corrected chi connectivity index (χ2v) is 4.05. The van der Waals surface area contributed by atoms with E-state index in [1.165, 1.54) is 6.07 Å². The highest BCUT2D eigenvalue weighted by Crippen LogP contribution is 2.22. The van der Waals surface area contributed by atoms with Crippen LogP contribution >= 0.6 is 0 Å². The fraction of sp³-hybridized carbons (Fsp3) is 0.286. The van der Waals surface area contributed by atoms with E-state index in [0.717, 1.165) is 17.7 Å². The van der Waals surface area contributed by atoms with Crippen LogP contribution in [0.1, 0.15) is 29.9 Å². The minimum Gasteiger partial charge on any atom is -0.469 e. The Morgan fingerprint density at radius 3 is 2.76 bits per heavy atom. The van der Waals surface area contributed by atoms with Crippen molar-refractivity contribution in [3.8, 4) is 0 Å². The minimum absolute atomic E-state index is 0.204. The van der Waals surface area contributed by atoms with E-state index in [-0.39, 0.29) is 11.9 Å². The molecular weight excluding hydrogens is 217 g/mol. The quantitative estimate of drug-likeness (QED) is 0.880. The predicted octanol–water partition coefficient (Wildman–Crippen LogP) is 3.22. The lowest BCUT2D eigenvalue weighted by atomic mass is 9.99. The molecule has 0 spiro atoms. The van der Waals surface area contributed by atoms with E-state index in [1.807, 2.05) is 19.1 Å². The first kappa shape index (κ1) is 11.9. The van der Waals surface area contributed by atoms with Crippen molar-refractivity contribution in [3.63, 3.8) is 0 Å². The summed E-state index contributed by atoms with van der Waals surface area (Å²) in [6.45, 7) is 2.01. The molecule has 0 radical (unpaired) electrons. The third kappa shape index (κ3) is 2.56. The van der Waals surface area contributed by atoms with Crippen LogP contribution in [-0.2, 0) is 12.8 Å². The van der Waals surface area contributed by atoms with Gasteiger partial charge in [0.2, 0.25) is 0 Å². The number of aryl methyl sites for hydroxylation is 1. The van der Waals surface area contributed by atoms with Gasteiger partial charge >= 0.3 is 0 Å². The zero-order valence-corrected chi connectivity index (χ0v) is 9.82. The molecule has 2 aromatic rings. The second kappa shape index (κ2) is 5.15. The SMILES string of the molecule is CCc1occc1C(N)Cc1ccccc1F. The topological polar surface area (TPSA) is 39.2 Å². The number of hydrogen-bond donors (Lipinski definition) is 1. The van der Waals surface area contributed by atoms with Crippen LogP contribution in [-0.4, -0.2) is 0 Å². The van der Waals surface area contributed by atoms with Gasteiger partial charge in [0.25, 0.3) is 0 Å². The molecule has 0 saturated heterocycles. The Kier molecular flexibility index (Phi) is 3.59. The molecule has 0 saturated carbocycles. The first-order valence-corrected chi connectivity index (χ1v) is 5.77. The van der Waals surface area contributed by atoms with Gasteiger partial charge in [-0.2, -0.15) is 0 Å². The van der Waals surface area contributed by atoms with Gasteiger partial charge in [-0.15, -0.1) is 0 Å². The second-order valence-electron chi connectivity index (χ2n) is 4.05. The smallest absolute Gasteiger partial charge is 0.126 e. The largest absolute Gasteiger partial charge is 0.469 e. The van der Waals surface area contributed by atoms with Gasteiger partial charge in [0.15, 0.2) is 0 Å². The summed E-state index contributed by atoms with van der Waals surface area (Å²) in [5, 5.41) is 0. The van der Waals surface area contributed by atoms with Crippen molar-refractivity contribution in [2.75, 3.05) is 0 Å². The lowest BCUT2D eigenvalue weighted by molar-refractivity contribution is 0.504. The highest BCUT2D eigenvalue weighted by atomic mass is 19.1. The fourth-order valence-electron chi connectivity index (χ4n) is 1.98. The summed E-state index contributed by atoms with van der Waals surface area (Å²) in [6.07, 6.45) is 2.92. The van der Waals surface area contributed by atoms with E-state index in [4.69, 9.17) is 10.2 Å². The van der Waals surface area contributed by atoms with Crippen LogP contribution in [0.25, 0.3) is 0 Å². The molecule has 1 aromatic carbocycles. The van der Waals surface area contributed by atoms with Gasteiger partial charge in [-0.05, 0) is 24.1 Å². The number of benzene rings is 1. The van der Waals surface area contributed by atoms with Crippen LogP contribution in [0.3, 0.4) is 0 Å². The first-order valence-electron chi connectivity index (χ1n) is 5.77. The zero-order valence-electron chi connectivity index (χ0n) is 9.82. The Morgan fingerprint density at radius 2 is 2.06 bits per heavy atom. The van der Waals surface area contributed by atoms with E-state index in [1.54, 1.807) is 18.4 Å². The minimum atomic E-state index is -0.222. The molecule has 0 aliphatic heterocycles. The summed E-state index contributed by atoms with van der Waals surface area (Å²) in [6, 6.07) is 8.37. The molecule has 1 unspecified atom stereocenters. The van der Waals surface area contributed by atoms with Crippen molar-refractivity contribution < 1.29 is 8.81 Å². The predicted molar refractivity (Wildman–Crippen MR) is 65.1 cm³/mol. The zero-order chi connectivity index (χ0) is 12.3. The molecule has 0 aliphatic carbocycles. The normalized spacial score (nSPS) is 12.6. The molecular formula is C14H16FNO. The van der Waals surface area contributed by atoms with Crippen molar-refractivity contribution in [1.29, 1.82) is 0 Å². The van der Waals surface area contributed by atoms with E-state index >= 15 is 0 Å². The Hall–Kier alpha value is -1.61. The van der Waals surface area contributed by atoms with Crippen LogP contribution < -0.4 is 5.73 Å². The average Bonchev–Trinajstić information content (AvgIpc) is 2.80. The summed E-state index contributed by atoms with van der Waals surface area (Å²) in [5.41, 5.74) is 7.70. The molecule has 0 amide bonds. The molecule has 2 nitrogen and oxygen atoms in total. The van der Waals surface area contributed by atoms with Crippen LogP contribution in [0.4, 0.5) is 4.39 Å². The third-order valence-corrected chi connectivity index (χ3v) is 2.90. The van der Waals surface area contributed by atoms with Crippen molar-refractivity contribution in [3.05, 3.63) is 59.3 Å². The maximum atomic E-state index is 13.5. The number of furan rings is 1. The molecule has 0 bridgehead atoms. The molecule has 3 heteroatoms. The number of halogens is 1. The van der Waals surface area contributed by atoms with Crippen molar-refractivity contribution in [2.24, 2.45) is 5.73 Å². The maximum Gasteiger partial charge on any atom is 0.126 e. The summed E-state index contributed by atoms with van der Waals surface area (Å²) < 4.78 is 18.8. The van der Waals surface area contributed by atoms with E-state index < -0.39 is 0 Å². The molecule has 1 aromatic heterocycles. The summed E-state index contributed by atoms with van der Waals surface area (Å²) >= 11 is 0. The Labute approximate surface area is 100 Å². The molecule has 1 heterocycles. The van der Waals surface area contributed by atoms with Gasteiger partial charge < -0.3 is 10.2 Å². The number of hydrogen-bond acceptors (Lipinski definition) is 2. The van der Waals surface area contributed by atoms with Crippen LogP contribution in [0.5, 0.6) is 0 Å². The molecule has 2 rings (SSSR count). The molecule has 2 N–H and O–H groups in total. The number of nitrogens with two attached hydrogens (primary N) is 1. The van der Waals surface area contributed by atoms with Gasteiger partial charge in [0, 0.05) is 18.0 Å². The monoisotopic (exact) mass is 233 g/mol. The standard InChI is InChI=1S/C14H16FNO/c1-2-14-11(7-8-17-14)13(16)9-10-5-3-4-6-12(10)15/h3-8,13H,2,9,16H2,1H3. The average molecular weight is 233 g/mol. The summed E-state index contributed by atoms with van der Waals surface area (Å²) in [7, 11) is 0. The molecule has 0 aliphatic rings. The maximum absolute atomic E-state index is 13.5. The van der Waals surface area contributed by atoms with E-state index in [0.29, 0.717) is 12.0 Å². The molecule has 17 heavy (non-hydrogen) atoms. The van der Waals surface area contributed by atoms with E-state index in [2.05, 4.69) is 0 Å². The van der Waals surface area contributed by atoms with Crippen LogP contribution in [0, 0.1) is 5.82 Å². The van der Waals surface area contributed by atoms with Crippen molar-refractivity contribution >= 4 is 0 Å². The Morgan fingerprint density at radius 1 is 1.29 bits per heavy atom. The van der Waals surface area contributed by atoms with Crippen molar-refractivity contribution in [2.45, 2.75) is 25.8 Å². The highest BCUT2D eigenvalue weighted by Gasteiger charge is 2.14. The Bertz CT molecular complexity index is 492. The van der Waals surface area contributed by atoms with Crippen LogP contribution in [0.2, 0.25) is 0 Å². The molecule has 1 atom stereocenters. The third-order valence-electron chi connectivity index (χ3n) is 2.90. The summed E-state index contributed by atoms with van der Waals surface area (Å²) in [5.74, 6) is 0.679. The van der Waals surface area contributed by atoms with Gasteiger partial charge in [-0.25, -0.2) is 4.39 Å². The van der Waals surface area contributed by atoms with Gasteiger partial charge in [-0.3, -0.25) is 0 Å². The first-order chi connectivity index (χ1) is 8.22. The molecule has 90 valence electrons. The van der Waals surface area contributed by atoms with Crippen molar-refractivity contribution in [1.82, 2.24) is 0 Å². The van der Waals surface area contributed by atoms with Gasteiger partial charge in [-0.1, -0.05) is 25.1 Å². The van der Waals surface area contributed by atoms with Gasteiger partial charge in [0.05, 0.1) is 6.26 Å². The van der Waals surface area contributed by atoms with E-state index in [9.17, 15) is 4.39 Å². The highest BCUT2D eigenvalue weighted by molar-refractivity contribution is 5.25. The lowest BCUT2D eigenvalue weighted by Gasteiger charge is -2.12. The van der Waals surface area contributed by atoms with Gasteiger partial charge in [0.1, 0.15) is 11.6 Å².